The summed E-state index contributed by atoms with van der Waals surface area (Å²) in [5.74, 6) is 4.39. The SMILES string of the molecule is Nc1nc2ccccc2n1CC1CSCCS1. The molecule has 0 spiro atoms. The fourth-order valence-corrected chi connectivity index (χ4v) is 4.78. The van der Waals surface area contributed by atoms with Gasteiger partial charge in [0.25, 0.3) is 0 Å². The number of hydrogen-bond acceptors (Lipinski definition) is 4. The van der Waals surface area contributed by atoms with Gasteiger partial charge in [0.2, 0.25) is 5.95 Å². The largest absolute Gasteiger partial charge is 0.369 e. The Bertz CT molecular complexity index is 517. The first-order valence-corrected chi connectivity index (χ1v) is 7.95. The lowest BCUT2D eigenvalue weighted by Crippen LogP contribution is -2.21. The Morgan fingerprint density at radius 3 is 3.06 bits per heavy atom. The van der Waals surface area contributed by atoms with E-state index in [0.29, 0.717) is 11.2 Å². The highest BCUT2D eigenvalue weighted by molar-refractivity contribution is 8.06. The summed E-state index contributed by atoms with van der Waals surface area (Å²) in [6, 6.07) is 8.16. The summed E-state index contributed by atoms with van der Waals surface area (Å²) >= 11 is 4.09. The fourth-order valence-electron chi connectivity index (χ4n) is 2.13. The van der Waals surface area contributed by atoms with Crippen LogP contribution >= 0.6 is 23.5 Å². The molecule has 1 aromatic heterocycles. The predicted octanol–water partition coefficient (Wildman–Crippen LogP) is 2.47. The maximum atomic E-state index is 6.01. The molecular formula is C12H15N3S2. The summed E-state index contributed by atoms with van der Waals surface area (Å²) in [6.07, 6.45) is 0. The van der Waals surface area contributed by atoms with Crippen LogP contribution in [0.5, 0.6) is 0 Å². The van der Waals surface area contributed by atoms with E-state index in [4.69, 9.17) is 5.73 Å². The number of fused-ring (bicyclic) bond motifs is 1. The van der Waals surface area contributed by atoms with Gasteiger partial charge in [0.05, 0.1) is 11.0 Å². The van der Waals surface area contributed by atoms with Crippen molar-refractivity contribution in [1.82, 2.24) is 9.55 Å². The molecule has 1 saturated heterocycles. The van der Waals surface area contributed by atoms with Crippen LogP contribution in [0.3, 0.4) is 0 Å². The van der Waals surface area contributed by atoms with E-state index in [1.165, 1.54) is 17.3 Å². The molecule has 1 aliphatic rings. The molecular weight excluding hydrogens is 250 g/mol. The van der Waals surface area contributed by atoms with Crippen LogP contribution in [0.2, 0.25) is 0 Å². The summed E-state index contributed by atoms with van der Waals surface area (Å²) < 4.78 is 2.15. The van der Waals surface area contributed by atoms with E-state index < -0.39 is 0 Å². The van der Waals surface area contributed by atoms with Crippen molar-refractivity contribution in [3.05, 3.63) is 24.3 Å². The summed E-state index contributed by atoms with van der Waals surface area (Å²) in [7, 11) is 0. The molecule has 0 saturated carbocycles. The first-order valence-electron chi connectivity index (χ1n) is 5.74. The van der Waals surface area contributed by atoms with E-state index in [9.17, 15) is 0 Å². The first kappa shape index (κ1) is 11.3. The van der Waals surface area contributed by atoms with Gasteiger partial charge in [-0.15, -0.1) is 0 Å². The van der Waals surface area contributed by atoms with Crippen LogP contribution in [-0.4, -0.2) is 32.1 Å². The number of imidazole rings is 1. The van der Waals surface area contributed by atoms with Gasteiger partial charge in [-0.05, 0) is 12.1 Å². The lowest BCUT2D eigenvalue weighted by molar-refractivity contribution is 0.724. The molecule has 1 fully saturated rings. The van der Waals surface area contributed by atoms with E-state index >= 15 is 0 Å². The van der Waals surface area contributed by atoms with Crippen molar-refractivity contribution >= 4 is 40.5 Å². The number of nitrogens with zero attached hydrogens (tertiary/aromatic N) is 2. The van der Waals surface area contributed by atoms with Gasteiger partial charge in [0.15, 0.2) is 0 Å². The first-order chi connectivity index (χ1) is 8.34. The van der Waals surface area contributed by atoms with Crippen LogP contribution in [0.25, 0.3) is 11.0 Å². The standard InChI is InChI=1S/C12H15N3S2/c13-12-14-10-3-1-2-4-11(10)15(12)7-9-8-16-5-6-17-9/h1-4,9H,5-8H2,(H2,13,14). The van der Waals surface area contributed by atoms with Gasteiger partial charge in [-0.3, -0.25) is 0 Å². The molecule has 2 aromatic rings. The summed E-state index contributed by atoms with van der Waals surface area (Å²) in [4.78, 5) is 4.40. The van der Waals surface area contributed by atoms with Crippen LogP contribution in [0.4, 0.5) is 5.95 Å². The van der Waals surface area contributed by atoms with Crippen molar-refractivity contribution in [1.29, 1.82) is 0 Å². The average Bonchev–Trinajstić information content (AvgIpc) is 2.68. The van der Waals surface area contributed by atoms with E-state index in [1.807, 2.05) is 30.0 Å². The normalized spacial score (nSPS) is 20.8. The highest BCUT2D eigenvalue weighted by Crippen LogP contribution is 2.27. The summed E-state index contributed by atoms with van der Waals surface area (Å²) in [6.45, 7) is 0.976. The van der Waals surface area contributed by atoms with Crippen LogP contribution in [-0.2, 0) is 6.54 Å². The molecule has 2 heterocycles. The highest BCUT2D eigenvalue weighted by Gasteiger charge is 2.17. The zero-order valence-electron chi connectivity index (χ0n) is 9.50. The lowest BCUT2D eigenvalue weighted by atomic mass is 10.3. The van der Waals surface area contributed by atoms with E-state index in [2.05, 4.69) is 27.4 Å². The molecule has 5 heteroatoms. The average molecular weight is 265 g/mol. The molecule has 0 bridgehead atoms. The summed E-state index contributed by atoms with van der Waals surface area (Å²) in [5.41, 5.74) is 8.16. The van der Waals surface area contributed by atoms with Crippen LogP contribution < -0.4 is 5.73 Å². The Kier molecular flexibility index (Phi) is 3.20. The Labute approximate surface area is 109 Å². The van der Waals surface area contributed by atoms with Crippen molar-refractivity contribution in [2.45, 2.75) is 11.8 Å². The minimum Gasteiger partial charge on any atom is -0.369 e. The molecule has 1 unspecified atom stereocenters. The number of rotatable bonds is 2. The number of anilines is 1. The zero-order chi connectivity index (χ0) is 11.7. The summed E-state index contributed by atoms with van der Waals surface area (Å²) in [5, 5.41) is 0.661. The second kappa shape index (κ2) is 4.82. The maximum absolute atomic E-state index is 6.01. The van der Waals surface area contributed by atoms with Crippen LogP contribution in [0.1, 0.15) is 0 Å². The lowest BCUT2D eigenvalue weighted by Gasteiger charge is -2.21. The number of nitrogens with two attached hydrogens (primary N) is 1. The zero-order valence-corrected chi connectivity index (χ0v) is 11.1. The molecule has 0 radical (unpaired) electrons. The minimum absolute atomic E-state index is 0.641. The van der Waals surface area contributed by atoms with Gasteiger partial charge < -0.3 is 10.3 Å². The third-order valence-electron chi connectivity index (χ3n) is 2.96. The van der Waals surface area contributed by atoms with Gasteiger partial charge in [0.1, 0.15) is 0 Å². The van der Waals surface area contributed by atoms with Gasteiger partial charge in [0, 0.05) is 29.1 Å². The van der Waals surface area contributed by atoms with Crippen LogP contribution in [0.15, 0.2) is 24.3 Å². The van der Waals surface area contributed by atoms with E-state index in [-0.39, 0.29) is 0 Å². The Balaban J connectivity index is 1.90. The number of aromatic nitrogens is 2. The van der Waals surface area contributed by atoms with Gasteiger partial charge in [-0.2, -0.15) is 23.5 Å². The third-order valence-corrected chi connectivity index (χ3v) is 5.78. The Hall–Kier alpha value is -0.810. The highest BCUT2D eigenvalue weighted by atomic mass is 32.2. The molecule has 1 aliphatic heterocycles. The molecule has 3 nitrogen and oxygen atoms in total. The molecule has 90 valence electrons. The molecule has 1 aromatic carbocycles. The van der Waals surface area contributed by atoms with Crippen molar-refractivity contribution in [2.75, 3.05) is 23.0 Å². The predicted molar refractivity (Wildman–Crippen MR) is 77.7 cm³/mol. The van der Waals surface area contributed by atoms with Crippen LogP contribution in [0, 0.1) is 0 Å². The fraction of sp³-hybridized carbons (Fsp3) is 0.417. The van der Waals surface area contributed by atoms with Crippen molar-refractivity contribution in [2.24, 2.45) is 0 Å². The monoisotopic (exact) mass is 265 g/mol. The molecule has 0 aliphatic carbocycles. The van der Waals surface area contributed by atoms with Gasteiger partial charge >= 0.3 is 0 Å². The number of thioether (sulfide) groups is 2. The molecule has 2 N–H and O–H groups in total. The Morgan fingerprint density at radius 2 is 2.24 bits per heavy atom. The maximum Gasteiger partial charge on any atom is 0.201 e. The number of nitrogen functional groups attached to an aromatic ring is 1. The third kappa shape index (κ3) is 2.26. The molecule has 0 amide bonds. The molecule has 1 atom stereocenters. The smallest absolute Gasteiger partial charge is 0.201 e. The van der Waals surface area contributed by atoms with Crippen molar-refractivity contribution in [3.63, 3.8) is 0 Å². The minimum atomic E-state index is 0.641. The second-order valence-electron chi connectivity index (χ2n) is 4.14. The second-order valence-corrected chi connectivity index (χ2v) is 6.70. The Morgan fingerprint density at radius 1 is 1.35 bits per heavy atom. The quantitative estimate of drug-likeness (QED) is 0.906. The van der Waals surface area contributed by atoms with Gasteiger partial charge in [-0.1, -0.05) is 12.1 Å². The number of benzene rings is 1. The topological polar surface area (TPSA) is 43.8 Å². The van der Waals surface area contributed by atoms with E-state index in [0.717, 1.165) is 17.6 Å². The number of hydrogen-bond donors (Lipinski definition) is 1. The molecule has 3 rings (SSSR count). The van der Waals surface area contributed by atoms with Gasteiger partial charge in [-0.25, -0.2) is 4.98 Å². The molecule has 17 heavy (non-hydrogen) atoms. The van der Waals surface area contributed by atoms with E-state index in [1.54, 1.807) is 0 Å². The van der Waals surface area contributed by atoms with Crippen molar-refractivity contribution in [3.8, 4) is 0 Å². The number of para-hydroxylation sites is 2. The van der Waals surface area contributed by atoms with Crippen molar-refractivity contribution < 1.29 is 0 Å².